The second-order valence-electron chi connectivity index (χ2n) is 7.73. The van der Waals surface area contributed by atoms with Crippen molar-refractivity contribution in [2.75, 3.05) is 39.5 Å². The van der Waals surface area contributed by atoms with Crippen molar-refractivity contribution in [1.82, 2.24) is 29.3 Å². The number of nitrogens with zero attached hydrogens (tertiary/aromatic N) is 6. The average molecular weight is 462 g/mol. The Morgan fingerprint density at radius 2 is 1.91 bits per heavy atom. The lowest BCUT2D eigenvalue weighted by molar-refractivity contribution is 0.0790. The Morgan fingerprint density at radius 1 is 1.16 bits per heavy atom. The van der Waals surface area contributed by atoms with Crippen molar-refractivity contribution in [3.8, 4) is 11.4 Å². The molecule has 0 aliphatic heterocycles. The van der Waals surface area contributed by atoms with Gasteiger partial charge in [-0.25, -0.2) is 19.3 Å². The molecule has 1 N–H and O–H groups in total. The van der Waals surface area contributed by atoms with Gasteiger partial charge in [-0.2, -0.15) is 0 Å². The van der Waals surface area contributed by atoms with E-state index in [0.29, 0.717) is 23.5 Å². The van der Waals surface area contributed by atoms with Gasteiger partial charge in [0.15, 0.2) is 5.82 Å². The van der Waals surface area contributed by atoms with Crippen LogP contribution in [0.2, 0.25) is 0 Å². The number of carbonyl (C=O) groups excluding carboxylic acids is 1. The largest absolute Gasteiger partial charge is 0.342 e. The van der Waals surface area contributed by atoms with Gasteiger partial charge < -0.3 is 19.7 Å². The second kappa shape index (κ2) is 11.0. The van der Waals surface area contributed by atoms with Crippen molar-refractivity contribution in [1.29, 1.82) is 0 Å². The lowest BCUT2D eigenvalue weighted by Gasteiger charge is -2.19. The van der Waals surface area contributed by atoms with Gasteiger partial charge in [0, 0.05) is 31.9 Å². The number of rotatable bonds is 8. The number of anilines is 2. The van der Waals surface area contributed by atoms with Crippen LogP contribution in [0, 0.1) is 12.7 Å². The molecule has 2 heterocycles. The van der Waals surface area contributed by atoms with Crippen LogP contribution in [-0.2, 0) is 7.05 Å². The number of carbonyl (C=O) groups is 1. The van der Waals surface area contributed by atoms with Crippen LogP contribution in [0.1, 0.15) is 22.6 Å². The number of amides is 1. The molecule has 0 radical (unpaired) electrons. The van der Waals surface area contributed by atoms with Crippen LogP contribution in [0.5, 0.6) is 0 Å². The number of aryl methyl sites for hydroxylation is 1. The first kappa shape index (κ1) is 25.2. The fourth-order valence-corrected chi connectivity index (χ4v) is 3.13. The minimum absolute atomic E-state index is 0. The fourth-order valence-electron chi connectivity index (χ4n) is 3.13. The Balaban J connectivity index is 0.00000363. The first-order valence-corrected chi connectivity index (χ1v) is 10.0. The van der Waals surface area contributed by atoms with Gasteiger partial charge in [0.2, 0.25) is 5.95 Å². The molecule has 10 heteroatoms. The Kier molecular flexibility index (Phi) is 8.68. The highest BCUT2D eigenvalue weighted by Gasteiger charge is 2.15. The minimum atomic E-state index is -0.531. The van der Waals surface area contributed by atoms with Crippen LogP contribution in [0.25, 0.3) is 11.4 Å². The zero-order chi connectivity index (χ0) is 22.5. The number of nitrogens with one attached hydrogen (secondary N) is 1. The number of aromatic nitrogens is 4. The Morgan fingerprint density at radius 3 is 2.56 bits per heavy atom. The van der Waals surface area contributed by atoms with Crippen molar-refractivity contribution in [3.63, 3.8) is 0 Å². The molecule has 172 valence electrons. The molecule has 3 rings (SSSR count). The number of halogens is 2. The third-order valence-corrected chi connectivity index (χ3v) is 5.02. The summed E-state index contributed by atoms with van der Waals surface area (Å²) >= 11 is 0. The molecule has 0 fully saturated rings. The lowest BCUT2D eigenvalue weighted by atomic mass is 10.1. The standard InChI is InChI=1S/C22H28FN7O.ClH/c1-15-24-14-19(30(15)5)20-18(23)13-25-22(27-20)26-17-9-6-8-16(12-17)21(31)29(4)11-7-10-28(2)3;/h6,8-9,12-14H,7,10-11H2,1-5H3,(H,25,26,27);1H. The quantitative estimate of drug-likeness (QED) is 0.553. The molecule has 0 bridgehead atoms. The minimum Gasteiger partial charge on any atom is -0.342 e. The van der Waals surface area contributed by atoms with Crippen LogP contribution in [-0.4, -0.2) is 69.5 Å². The van der Waals surface area contributed by atoms with Crippen LogP contribution >= 0.6 is 12.4 Å². The molecule has 0 saturated heterocycles. The third kappa shape index (κ3) is 6.02. The molecule has 3 aromatic rings. The maximum Gasteiger partial charge on any atom is 0.253 e. The number of hydrogen-bond donors (Lipinski definition) is 1. The van der Waals surface area contributed by atoms with Crippen molar-refractivity contribution < 1.29 is 9.18 Å². The second-order valence-corrected chi connectivity index (χ2v) is 7.73. The number of hydrogen-bond acceptors (Lipinski definition) is 6. The average Bonchev–Trinajstić information content (AvgIpc) is 3.07. The number of benzene rings is 1. The molecule has 1 amide bonds. The van der Waals surface area contributed by atoms with E-state index in [0.717, 1.165) is 25.0 Å². The molecule has 32 heavy (non-hydrogen) atoms. The molecular weight excluding hydrogens is 433 g/mol. The van der Waals surface area contributed by atoms with Crippen LogP contribution < -0.4 is 5.32 Å². The first-order chi connectivity index (χ1) is 14.8. The topological polar surface area (TPSA) is 79.2 Å². The van der Waals surface area contributed by atoms with Gasteiger partial charge in [0.25, 0.3) is 5.91 Å². The summed E-state index contributed by atoms with van der Waals surface area (Å²) < 4.78 is 16.1. The molecule has 0 aliphatic carbocycles. The Hall–Kier alpha value is -3.04. The summed E-state index contributed by atoms with van der Waals surface area (Å²) in [5.74, 6) is 0.396. The van der Waals surface area contributed by atoms with E-state index in [9.17, 15) is 9.18 Å². The van der Waals surface area contributed by atoms with E-state index in [1.807, 2.05) is 27.1 Å². The van der Waals surface area contributed by atoms with Gasteiger partial charge in [-0.3, -0.25) is 4.79 Å². The summed E-state index contributed by atoms with van der Waals surface area (Å²) in [7, 11) is 7.62. The van der Waals surface area contributed by atoms with Gasteiger partial charge in [-0.1, -0.05) is 6.07 Å². The predicted molar refractivity (Wildman–Crippen MR) is 126 cm³/mol. The summed E-state index contributed by atoms with van der Waals surface area (Å²) in [6, 6.07) is 7.11. The van der Waals surface area contributed by atoms with Gasteiger partial charge in [-0.05, 0) is 52.2 Å². The van der Waals surface area contributed by atoms with Crippen LogP contribution in [0.15, 0.2) is 36.7 Å². The van der Waals surface area contributed by atoms with Crippen molar-refractivity contribution in [2.45, 2.75) is 13.3 Å². The van der Waals surface area contributed by atoms with E-state index < -0.39 is 5.82 Å². The van der Waals surface area contributed by atoms with Crippen LogP contribution in [0.4, 0.5) is 16.0 Å². The van der Waals surface area contributed by atoms with E-state index in [4.69, 9.17) is 0 Å². The van der Waals surface area contributed by atoms with Crippen molar-refractivity contribution in [2.24, 2.45) is 7.05 Å². The highest BCUT2D eigenvalue weighted by molar-refractivity contribution is 5.95. The molecule has 0 atom stereocenters. The van der Waals surface area contributed by atoms with E-state index in [-0.39, 0.29) is 30.0 Å². The summed E-state index contributed by atoms with van der Waals surface area (Å²) in [5, 5.41) is 3.06. The molecule has 0 aliphatic rings. The summed E-state index contributed by atoms with van der Waals surface area (Å²) in [5.41, 5.74) is 1.92. The van der Waals surface area contributed by atoms with Gasteiger partial charge in [0.05, 0.1) is 18.1 Å². The molecular formula is C22H29ClFN7O. The van der Waals surface area contributed by atoms with E-state index in [1.165, 1.54) is 0 Å². The smallest absolute Gasteiger partial charge is 0.253 e. The lowest BCUT2D eigenvalue weighted by Crippen LogP contribution is -2.29. The molecule has 0 saturated carbocycles. The summed E-state index contributed by atoms with van der Waals surface area (Å²) in [4.78, 5) is 29.1. The van der Waals surface area contributed by atoms with Gasteiger partial charge >= 0.3 is 0 Å². The highest BCUT2D eigenvalue weighted by atomic mass is 35.5. The number of imidazole rings is 1. The zero-order valence-electron chi connectivity index (χ0n) is 19.0. The summed E-state index contributed by atoms with van der Waals surface area (Å²) in [6.07, 6.45) is 3.60. The van der Waals surface area contributed by atoms with Gasteiger partial charge in [0.1, 0.15) is 11.5 Å². The predicted octanol–water partition coefficient (Wildman–Crippen LogP) is 3.51. The molecule has 2 aromatic heterocycles. The van der Waals surface area contributed by atoms with Crippen LogP contribution in [0.3, 0.4) is 0 Å². The maximum absolute atomic E-state index is 14.3. The van der Waals surface area contributed by atoms with E-state index in [1.54, 1.807) is 48.0 Å². The zero-order valence-corrected chi connectivity index (χ0v) is 19.8. The Labute approximate surface area is 193 Å². The monoisotopic (exact) mass is 461 g/mol. The molecule has 1 aromatic carbocycles. The highest BCUT2D eigenvalue weighted by Crippen LogP contribution is 2.23. The fraction of sp³-hybridized carbons (Fsp3) is 0.364. The van der Waals surface area contributed by atoms with Crippen molar-refractivity contribution in [3.05, 3.63) is 53.9 Å². The molecule has 0 spiro atoms. The molecule has 8 nitrogen and oxygen atoms in total. The van der Waals surface area contributed by atoms with Gasteiger partial charge in [-0.15, -0.1) is 12.4 Å². The Bertz CT molecular complexity index is 1070. The SMILES string of the molecule is Cc1ncc(-c2nc(Nc3cccc(C(=O)N(C)CCCN(C)C)c3)ncc2F)n1C.Cl. The summed E-state index contributed by atoms with van der Waals surface area (Å²) in [6.45, 7) is 3.42. The molecule has 0 unspecified atom stereocenters. The normalized spacial score (nSPS) is 10.7. The van der Waals surface area contributed by atoms with E-state index >= 15 is 0 Å². The van der Waals surface area contributed by atoms with E-state index in [2.05, 4.69) is 25.2 Å². The van der Waals surface area contributed by atoms with Crippen molar-refractivity contribution >= 4 is 29.9 Å². The maximum atomic E-state index is 14.3. The first-order valence-electron chi connectivity index (χ1n) is 10.0. The third-order valence-electron chi connectivity index (χ3n) is 5.02.